The van der Waals surface area contributed by atoms with Gasteiger partial charge in [-0.15, -0.1) is 0 Å². The fourth-order valence-electron chi connectivity index (χ4n) is 1.77. The van der Waals surface area contributed by atoms with Gasteiger partial charge in [0.2, 0.25) is 0 Å². The SMILES string of the molecule is CN(C)Cc1ccc(Cl)cc1Sc1cc(Cl)ccc1Cl. The van der Waals surface area contributed by atoms with Crippen molar-refractivity contribution in [3.63, 3.8) is 0 Å². The van der Waals surface area contributed by atoms with E-state index < -0.39 is 0 Å². The van der Waals surface area contributed by atoms with Crippen molar-refractivity contribution in [2.24, 2.45) is 0 Å². The van der Waals surface area contributed by atoms with Gasteiger partial charge in [-0.2, -0.15) is 0 Å². The van der Waals surface area contributed by atoms with Crippen LogP contribution in [0.25, 0.3) is 0 Å². The first-order valence-electron chi connectivity index (χ1n) is 6.02. The lowest BCUT2D eigenvalue weighted by atomic mass is 10.2. The van der Waals surface area contributed by atoms with Crippen LogP contribution in [-0.2, 0) is 6.54 Å². The van der Waals surface area contributed by atoms with Gasteiger partial charge in [-0.1, -0.05) is 52.6 Å². The third-order valence-corrected chi connectivity index (χ3v) is 4.70. The van der Waals surface area contributed by atoms with Gasteiger partial charge < -0.3 is 4.90 Å². The molecule has 0 N–H and O–H groups in total. The van der Waals surface area contributed by atoms with E-state index in [0.29, 0.717) is 15.1 Å². The van der Waals surface area contributed by atoms with Crippen LogP contribution in [0.3, 0.4) is 0 Å². The number of hydrogen-bond donors (Lipinski definition) is 0. The highest BCUT2D eigenvalue weighted by Crippen LogP contribution is 2.38. The Morgan fingerprint density at radius 3 is 2.15 bits per heavy atom. The van der Waals surface area contributed by atoms with Crippen molar-refractivity contribution in [1.82, 2.24) is 4.90 Å². The lowest BCUT2D eigenvalue weighted by Gasteiger charge is -2.15. The summed E-state index contributed by atoms with van der Waals surface area (Å²) in [6, 6.07) is 11.4. The second-order valence-corrected chi connectivity index (χ2v) is 7.03. The van der Waals surface area contributed by atoms with Crippen molar-refractivity contribution in [3.8, 4) is 0 Å². The molecule has 0 aromatic heterocycles. The summed E-state index contributed by atoms with van der Waals surface area (Å²) in [6.45, 7) is 0.845. The predicted molar refractivity (Wildman–Crippen MR) is 89.4 cm³/mol. The van der Waals surface area contributed by atoms with Gasteiger partial charge in [0.15, 0.2) is 0 Å². The number of hydrogen-bond acceptors (Lipinski definition) is 2. The summed E-state index contributed by atoms with van der Waals surface area (Å²) < 4.78 is 0. The van der Waals surface area contributed by atoms with E-state index in [1.165, 1.54) is 5.56 Å². The molecule has 0 fully saturated rings. The standard InChI is InChI=1S/C15H14Cl3NS/c1-19(2)9-10-3-4-11(16)7-14(10)20-15-8-12(17)5-6-13(15)18/h3-8H,9H2,1-2H3. The largest absolute Gasteiger partial charge is 0.305 e. The molecular formula is C15H14Cl3NS. The fourth-order valence-corrected chi connectivity index (χ4v) is 3.51. The molecule has 0 aliphatic carbocycles. The first-order valence-corrected chi connectivity index (χ1v) is 7.97. The van der Waals surface area contributed by atoms with Gasteiger partial charge in [-0.3, -0.25) is 0 Å². The molecule has 2 aromatic carbocycles. The van der Waals surface area contributed by atoms with Crippen LogP contribution in [0.1, 0.15) is 5.56 Å². The molecule has 1 nitrogen and oxygen atoms in total. The molecule has 0 amide bonds. The Morgan fingerprint density at radius 2 is 1.50 bits per heavy atom. The summed E-state index contributed by atoms with van der Waals surface area (Å²) in [5.41, 5.74) is 1.21. The van der Waals surface area contributed by atoms with E-state index in [0.717, 1.165) is 16.3 Å². The zero-order chi connectivity index (χ0) is 14.7. The second-order valence-electron chi connectivity index (χ2n) is 4.67. The van der Waals surface area contributed by atoms with E-state index in [9.17, 15) is 0 Å². The molecule has 5 heteroatoms. The van der Waals surface area contributed by atoms with Gasteiger partial charge in [-0.25, -0.2) is 0 Å². The van der Waals surface area contributed by atoms with E-state index in [2.05, 4.69) is 4.90 Å². The molecule has 0 saturated heterocycles. The van der Waals surface area contributed by atoms with Gasteiger partial charge >= 0.3 is 0 Å². The van der Waals surface area contributed by atoms with Crippen molar-refractivity contribution in [3.05, 3.63) is 57.0 Å². The number of benzene rings is 2. The lowest BCUT2D eigenvalue weighted by Crippen LogP contribution is -2.11. The number of rotatable bonds is 4. The zero-order valence-electron chi connectivity index (χ0n) is 11.2. The Morgan fingerprint density at radius 1 is 0.900 bits per heavy atom. The third-order valence-electron chi connectivity index (χ3n) is 2.63. The van der Waals surface area contributed by atoms with Crippen LogP contribution in [0.5, 0.6) is 0 Å². The Balaban J connectivity index is 2.36. The Labute approximate surface area is 138 Å². The molecule has 0 aliphatic heterocycles. The van der Waals surface area contributed by atoms with Crippen LogP contribution in [0.15, 0.2) is 46.2 Å². The van der Waals surface area contributed by atoms with Gasteiger partial charge in [0.25, 0.3) is 0 Å². The van der Waals surface area contributed by atoms with Gasteiger partial charge in [-0.05, 0) is 50.0 Å². The maximum atomic E-state index is 6.22. The summed E-state index contributed by atoms with van der Waals surface area (Å²) in [6.07, 6.45) is 0. The zero-order valence-corrected chi connectivity index (χ0v) is 14.2. The highest BCUT2D eigenvalue weighted by Gasteiger charge is 2.09. The van der Waals surface area contributed by atoms with E-state index >= 15 is 0 Å². The summed E-state index contributed by atoms with van der Waals surface area (Å²) in [5, 5.41) is 2.08. The van der Waals surface area contributed by atoms with Crippen LogP contribution in [-0.4, -0.2) is 19.0 Å². The van der Waals surface area contributed by atoms with Gasteiger partial charge in [0, 0.05) is 26.4 Å². The molecule has 2 aromatic rings. The fraction of sp³-hybridized carbons (Fsp3) is 0.200. The topological polar surface area (TPSA) is 3.24 Å². The Hall–Kier alpha value is -0.380. The Bertz CT molecular complexity index is 614. The minimum absolute atomic E-state index is 0.674. The monoisotopic (exact) mass is 345 g/mol. The molecule has 0 saturated carbocycles. The molecule has 0 atom stereocenters. The van der Waals surface area contributed by atoms with E-state index in [1.54, 1.807) is 17.8 Å². The molecule has 106 valence electrons. The van der Waals surface area contributed by atoms with Crippen LogP contribution < -0.4 is 0 Å². The van der Waals surface area contributed by atoms with E-state index in [4.69, 9.17) is 34.8 Å². The normalized spacial score (nSPS) is 11.1. The highest BCUT2D eigenvalue weighted by atomic mass is 35.5. The quantitative estimate of drug-likeness (QED) is 0.682. The van der Waals surface area contributed by atoms with Crippen molar-refractivity contribution in [2.45, 2.75) is 16.3 Å². The maximum Gasteiger partial charge on any atom is 0.0546 e. The molecule has 0 radical (unpaired) electrons. The van der Waals surface area contributed by atoms with Crippen LogP contribution in [0.4, 0.5) is 0 Å². The van der Waals surface area contributed by atoms with Gasteiger partial charge in [0.1, 0.15) is 0 Å². The summed E-state index contributed by atoms with van der Waals surface area (Å²) in [5.74, 6) is 0. The summed E-state index contributed by atoms with van der Waals surface area (Å²) in [7, 11) is 4.07. The highest BCUT2D eigenvalue weighted by molar-refractivity contribution is 7.99. The van der Waals surface area contributed by atoms with Crippen molar-refractivity contribution in [1.29, 1.82) is 0 Å². The molecule has 20 heavy (non-hydrogen) atoms. The molecule has 0 bridgehead atoms. The van der Waals surface area contributed by atoms with E-state index in [1.807, 2.05) is 44.4 Å². The van der Waals surface area contributed by atoms with Crippen molar-refractivity contribution < 1.29 is 0 Å². The summed E-state index contributed by atoms with van der Waals surface area (Å²) in [4.78, 5) is 4.14. The van der Waals surface area contributed by atoms with Crippen molar-refractivity contribution >= 4 is 46.6 Å². The first-order chi connectivity index (χ1) is 9.45. The molecular weight excluding hydrogens is 333 g/mol. The minimum atomic E-state index is 0.674. The third kappa shape index (κ3) is 4.31. The van der Waals surface area contributed by atoms with Crippen molar-refractivity contribution in [2.75, 3.05) is 14.1 Å². The molecule has 0 aliphatic rings. The first kappa shape index (κ1) is 16.0. The number of nitrogens with zero attached hydrogens (tertiary/aromatic N) is 1. The second kappa shape index (κ2) is 7.06. The molecule has 2 rings (SSSR count). The van der Waals surface area contributed by atoms with Crippen LogP contribution >= 0.6 is 46.6 Å². The number of halogens is 3. The minimum Gasteiger partial charge on any atom is -0.305 e. The van der Waals surface area contributed by atoms with E-state index in [-0.39, 0.29) is 0 Å². The molecule has 0 unspecified atom stereocenters. The van der Waals surface area contributed by atoms with Crippen LogP contribution in [0.2, 0.25) is 15.1 Å². The predicted octanol–water partition coefficient (Wildman–Crippen LogP) is 5.86. The van der Waals surface area contributed by atoms with Crippen LogP contribution in [0, 0.1) is 0 Å². The Kier molecular flexibility index (Phi) is 5.65. The lowest BCUT2D eigenvalue weighted by molar-refractivity contribution is 0.399. The smallest absolute Gasteiger partial charge is 0.0546 e. The molecule has 0 spiro atoms. The average Bonchev–Trinajstić information content (AvgIpc) is 2.37. The van der Waals surface area contributed by atoms with Gasteiger partial charge in [0.05, 0.1) is 5.02 Å². The average molecular weight is 347 g/mol. The molecule has 0 heterocycles. The maximum absolute atomic E-state index is 6.22. The summed E-state index contributed by atoms with van der Waals surface area (Å²) >= 11 is 19.9.